The van der Waals surface area contributed by atoms with Crippen molar-refractivity contribution >= 4 is 11.7 Å². The van der Waals surface area contributed by atoms with E-state index >= 15 is 0 Å². The number of aliphatic hydroxyl groups is 1. The molecule has 4 N–H and O–H groups in total. The molecule has 0 aromatic carbocycles. The van der Waals surface area contributed by atoms with Crippen LogP contribution in [0.15, 0.2) is 0 Å². The van der Waals surface area contributed by atoms with Crippen LogP contribution < -0.4 is 10.6 Å². The predicted molar refractivity (Wildman–Crippen MR) is 68.5 cm³/mol. The van der Waals surface area contributed by atoms with Gasteiger partial charge in [-0.15, -0.1) is 0 Å². The lowest BCUT2D eigenvalue weighted by Gasteiger charge is -2.28. The molecule has 0 amide bonds. The van der Waals surface area contributed by atoms with Gasteiger partial charge < -0.3 is 15.7 Å². The van der Waals surface area contributed by atoms with Crippen LogP contribution in [0.1, 0.15) is 25.1 Å². The predicted octanol–water partition coefficient (Wildman–Crippen LogP) is 0.220. The number of hydrogen-bond donors (Lipinski definition) is 3. The molecule has 0 spiro atoms. The van der Waals surface area contributed by atoms with E-state index in [1.165, 1.54) is 0 Å². The molecule has 1 aromatic rings. The number of aromatic nitrogens is 2. The number of amidine groups is 1. The molecule has 17 heavy (non-hydrogen) atoms. The van der Waals surface area contributed by atoms with Crippen LogP contribution in [0.25, 0.3) is 0 Å². The van der Waals surface area contributed by atoms with Crippen molar-refractivity contribution in [1.82, 2.24) is 9.78 Å². The van der Waals surface area contributed by atoms with E-state index in [1.807, 2.05) is 32.7 Å². The number of hydrogen-bond acceptors (Lipinski definition) is 4. The number of nitrogens with one attached hydrogen (secondary N) is 1. The molecule has 0 aliphatic carbocycles. The van der Waals surface area contributed by atoms with Gasteiger partial charge in [0.25, 0.3) is 0 Å². The molecule has 0 bridgehead atoms. The zero-order valence-electron chi connectivity index (χ0n) is 10.9. The van der Waals surface area contributed by atoms with Gasteiger partial charge in [-0.2, -0.15) is 5.10 Å². The number of nitrogen functional groups attached to an aromatic ring is 1. The summed E-state index contributed by atoms with van der Waals surface area (Å²) in [6, 6.07) is 0.204. The van der Waals surface area contributed by atoms with Crippen LogP contribution in [0, 0.1) is 12.3 Å². The van der Waals surface area contributed by atoms with E-state index in [1.54, 1.807) is 4.68 Å². The number of anilines is 1. The molecule has 96 valence electrons. The lowest BCUT2D eigenvalue weighted by molar-refractivity contribution is 0.298. The van der Waals surface area contributed by atoms with Crippen LogP contribution in [-0.2, 0) is 7.05 Å². The van der Waals surface area contributed by atoms with Gasteiger partial charge in [0.1, 0.15) is 11.7 Å². The van der Waals surface area contributed by atoms with Gasteiger partial charge >= 0.3 is 0 Å². The van der Waals surface area contributed by atoms with Gasteiger partial charge in [0.2, 0.25) is 0 Å². The van der Waals surface area contributed by atoms with Crippen molar-refractivity contribution in [3.8, 4) is 0 Å². The SMILES string of the molecule is Cc1nn(C)c(N(CCO)C(C)C)c1C(=N)N. The van der Waals surface area contributed by atoms with E-state index in [-0.39, 0.29) is 18.5 Å². The summed E-state index contributed by atoms with van der Waals surface area (Å²) < 4.78 is 1.71. The molecule has 0 aliphatic heterocycles. The number of aryl methyl sites for hydroxylation is 2. The Morgan fingerprint density at radius 3 is 2.59 bits per heavy atom. The first-order valence-corrected chi connectivity index (χ1v) is 5.65. The van der Waals surface area contributed by atoms with Crippen molar-refractivity contribution < 1.29 is 5.11 Å². The molecule has 0 aliphatic rings. The van der Waals surface area contributed by atoms with Crippen LogP contribution in [0.4, 0.5) is 5.82 Å². The van der Waals surface area contributed by atoms with Gasteiger partial charge in [0.15, 0.2) is 0 Å². The number of nitrogens with two attached hydrogens (primary N) is 1. The molecule has 0 fully saturated rings. The molecule has 6 nitrogen and oxygen atoms in total. The monoisotopic (exact) mass is 239 g/mol. The molecular formula is C11H21N5O. The average molecular weight is 239 g/mol. The third-order valence-electron chi connectivity index (χ3n) is 2.70. The third-order valence-corrected chi connectivity index (χ3v) is 2.70. The summed E-state index contributed by atoms with van der Waals surface area (Å²) in [5, 5.41) is 21.0. The quantitative estimate of drug-likeness (QED) is 0.506. The maximum absolute atomic E-state index is 9.12. The van der Waals surface area contributed by atoms with Crippen molar-refractivity contribution in [2.24, 2.45) is 12.8 Å². The summed E-state index contributed by atoms with van der Waals surface area (Å²) in [6.45, 7) is 6.44. The fourth-order valence-corrected chi connectivity index (χ4v) is 2.01. The van der Waals surface area contributed by atoms with Crippen LogP contribution in [0.3, 0.4) is 0 Å². The molecule has 0 saturated heterocycles. The Bertz CT molecular complexity index is 410. The van der Waals surface area contributed by atoms with E-state index in [0.29, 0.717) is 12.1 Å². The molecule has 0 radical (unpaired) electrons. The Hall–Kier alpha value is -1.56. The molecule has 1 rings (SSSR count). The number of aliphatic hydroxyl groups excluding tert-OH is 1. The highest BCUT2D eigenvalue weighted by molar-refractivity contribution is 6.01. The van der Waals surface area contributed by atoms with E-state index < -0.39 is 0 Å². The van der Waals surface area contributed by atoms with Crippen LogP contribution in [0.2, 0.25) is 0 Å². The Morgan fingerprint density at radius 2 is 2.18 bits per heavy atom. The second-order valence-corrected chi connectivity index (χ2v) is 4.33. The van der Waals surface area contributed by atoms with Gasteiger partial charge in [-0.1, -0.05) is 0 Å². The lowest BCUT2D eigenvalue weighted by Crippen LogP contribution is -2.36. The summed E-state index contributed by atoms with van der Waals surface area (Å²) in [4.78, 5) is 2.00. The van der Waals surface area contributed by atoms with Crippen LogP contribution >= 0.6 is 0 Å². The van der Waals surface area contributed by atoms with E-state index in [9.17, 15) is 0 Å². The molecule has 0 unspecified atom stereocenters. The standard InChI is InChI=1S/C11H21N5O/c1-7(2)16(5-6-17)11-9(10(12)13)8(3)14-15(11)4/h7,17H,5-6H2,1-4H3,(H3,12,13). The molecular weight excluding hydrogens is 218 g/mol. The molecule has 0 saturated carbocycles. The third kappa shape index (κ3) is 2.58. The highest BCUT2D eigenvalue weighted by Gasteiger charge is 2.22. The van der Waals surface area contributed by atoms with Gasteiger partial charge in [0, 0.05) is 19.6 Å². The fraction of sp³-hybridized carbons (Fsp3) is 0.636. The summed E-state index contributed by atoms with van der Waals surface area (Å²) in [6.07, 6.45) is 0. The number of rotatable bonds is 5. The minimum atomic E-state index is 0.00851. The second kappa shape index (κ2) is 5.18. The first kappa shape index (κ1) is 13.5. The molecule has 6 heteroatoms. The fourth-order valence-electron chi connectivity index (χ4n) is 2.01. The Kier molecular flexibility index (Phi) is 4.11. The highest BCUT2D eigenvalue weighted by Crippen LogP contribution is 2.24. The maximum atomic E-state index is 9.12. The minimum absolute atomic E-state index is 0.00851. The molecule has 1 heterocycles. The van der Waals surface area contributed by atoms with E-state index in [0.717, 1.165) is 11.5 Å². The van der Waals surface area contributed by atoms with E-state index in [2.05, 4.69) is 5.10 Å². The zero-order chi connectivity index (χ0) is 13.2. The number of nitrogens with zero attached hydrogens (tertiary/aromatic N) is 3. The van der Waals surface area contributed by atoms with Crippen molar-refractivity contribution in [3.05, 3.63) is 11.3 Å². The van der Waals surface area contributed by atoms with Gasteiger partial charge in [-0.3, -0.25) is 10.1 Å². The zero-order valence-corrected chi connectivity index (χ0v) is 10.9. The van der Waals surface area contributed by atoms with Crippen molar-refractivity contribution in [2.75, 3.05) is 18.1 Å². The first-order chi connectivity index (χ1) is 7.90. The summed E-state index contributed by atoms with van der Waals surface area (Å²) in [5.41, 5.74) is 6.99. The highest BCUT2D eigenvalue weighted by atomic mass is 16.3. The minimum Gasteiger partial charge on any atom is -0.395 e. The van der Waals surface area contributed by atoms with Crippen LogP contribution in [-0.4, -0.2) is 39.9 Å². The van der Waals surface area contributed by atoms with Gasteiger partial charge in [-0.25, -0.2) is 0 Å². The van der Waals surface area contributed by atoms with Gasteiger partial charge in [0.05, 0.1) is 17.9 Å². The lowest BCUT2D eigenvalue weighted by atomic mass is 10.2. The first-order valence-electron chi connectivity index (χ1n) is 5.65. The van der Waals surface area contributed by atoms with Crippen LogP contribution in [0.5, 0.6) is 0 Å². The van der Waals surface area contributed by atoms with E-state index in [4.69, 9.17) is 16.2 Å². The molecule has 0 atom stereocenters. The summed E-state index contributed by atoms with van der Waals surface area (Å²) in [7, 11) is 1.82. The normalized spacial score (nSPS) is 10.9. The maximum Gasteiger partial charge on any atom is 0.138 e. The Labute approximate surface area is 102 Å². The summed E-state index contributed by atoms with van der Waals surface area (Å²) in [5.74, 6) is 0.799. The van der Waals surface area contributed by atoms with Crippen molar-refractivity contribution in [2.45, 2.75) is 26.8 Å². The molecule has 1 aromatic heterocycles. The largest absolute Gasteiger partial charge is 0.395 e. The topological polar surface area (TPSA) is 91.2 Å². The smallest absolute Gasteiger partial charge is 0.138 e. The van der Waals surface area contributed by atoms with Gasteiger partial charge in [-0.05, 0) is 20.8 Å². The Morgan fingerprint density at radius 1 is 1.59 bits per heavy atom. The van der Waals surface area contributed by atoms with Crippen molar-refractivity contribution in [1.29, 1.82) is 5.41 Å². The average Bonchev–Trinajstić information content (AvgIpc) is 2.49. The Balaban J connectivity index is 3.31. The van der Waals surface area contributed by atoms with Crippen molar-refractivity contribution in [3.63, 3.8) is 0 Å². The second-order valence-electron chi connectivity index (χ2n) is 4.33. The summed E-state index contributed by atoms with van der Waals surface area (Å²) >= 11 is 0.